The minimum Gasteiger partial charge on any atom is -0.465 e. The van der Waals surface area contributed by atoms with Crippen molar-refractivity contribution in [1.82, 2.24) is 4.98 Å². The second-order valence-corrected chi connectivity index (χ2v) is 5.09. The summed E-state index contributed by atoms with van der Waals surface area (Å²) in [5.41, 5.74) is 3.67. The average Bonchev–Trinajstić information content (AvgIpc) is 2.67. The van der Waals surface area contributed by atoms with Crippen LogP contribution in [0, 0.1) is 11.8 Å². The number of carbonyl (C=O) groups excluding carboxylic acids is 1. The maximum Gasteiger partial charge on any atom is 0.339 e. The number of hydrogen-bond acceptors (Lipinski definition) is 3. The lowest BCUT2D eigenvalue weighted by Gasteiger charge is -2.06. The molecule has 1 aromatic heterocycles. The average molecular weight is 313 g/mol. The second kappa shape index (κ2) is 7.26. The molecule has 0 saturated heterocycles. The van der Waals surface area contributed by atoms with Gasteiger partial charge >= 0.3 is 5.97 Å². The highest BCUT2D eigenvalue weighted by molar-refractivity contribution is 5.90. The molecule has 0 aliphatic rings. The first-order valence-corrected chi connectivity index (χ1v) is 7.49. The quantitative estimate of drug-likeness (QED) is 0.531. The Bertz CT molecular complexity index is 907. The van der Waals surface area contributed by atoms with E-state index in [1.165, 1.54) is 13.3 Å². The van der Waals surface area contributed by atoms with E-state index in [9.17, 15) is 4.79 Å². The van der Waals surface area contributed by atoms with E-state index in [1.807, 2.05) is 60.7 Å². The lowest BCUT2D eigenvalue weighted by atomic mass is 10.0. The third-order valence-corrected chi connectivity index (χ3v) is 3.47. The van der Waals surface area contributed by atoms with Gasteiger partial charge in [-0.3, -0.25) is 4.98 Å². The van der Waals surface area contributed by atoms with Crippen molar-refractivity contribution in [1.29, 1.82) is 0 Å². The molecule has 0 bridgehead atoms. The molecule has 0 aliphatic carbocycles. The number of esters is 1. The number of hydrogen-bond donors (Lipinski definition) is 0. The molecule has 3 rings (SSSR count). The van der Waals surface area contributed by atoms with Gasteiger partial charge in [-0.05, 0) is 18.2 Å². The molecule has 3 aromatic rings. The van der Waals surface area contributed by atoms with E-state index in [0.717, 1.165) is 16.8 Å². The van der Waals surface area contributed by atoms with E-state index in [0.29, 0.717) is 11.1 Å². The highest BCUT2D eigenvalue weighted by Crippen LogP contribution is 2.21. The number of ether oxygens (including phenoxy) is 1. The molecule has 0 saturated carbocycles. The van der Waals surface area contributed by atoms with Crippen LogP contribution in [0.5, 0.6) is 0 Å². The van der Waals surface area contributed by atoms with E-state index in [1.54, 1.807) is 6.07 Å². The van der Waals surface area contributed by atoms with Crippen LogP contribution >= 0.6 is 0 Å². The number of pyridine rings is 1. The van der Waals surface area contributed by atoms with E-state index >= 15 is 0 Å². The van der Waals surface area contributed by atoms with Crippen LogP contribution in [0.4, 0.5) is 0 Å². The summed E-state index contributed by atoms with van der Waals surface area (Å²) in [4.78, 5) is 16.2. The van der Waals surface area contributed by atoms with Gasteiger partial charge in [-0.25, -0.2) is 4.79 Å². The Hall–Kier alpha value is -3.38. The molecule has 0 radical (unpaired) electrons. The van der Waals surface area contributed by atoms with E-state index in [2.05, 4.69) is 16.8 Å². The van der Waals surface area contributed by atoms with Gasteiger partial charge in [0.05, 0.1) is 23.9 Å². The molecule has 1 heterocycles. The van der Waals surface area contributed by atoms with Crippen molar-refractivity contribution >= 4 is 5.97 Å². The lowest BCUT2D eigenvalue weighted by molar-refractivity contribution is 0.0600. The number of benzene rings is 2. The molecule has 116 valence electrons. The van der Waals surface area contributed by atoms with Gasteiger partial charge in [-0.15, -0.1) is 0 Å². The van der Waals surface area contributed by atoms with E-state index in [-0.39, 0.29) is 0 Å². The van der Waals surface area contributed by atoms with Crippen LogP contribution in [0.2, 0.25) is 0 Å². The summed E-state index contributed by atoms with van der Waals surface area (Å²) >= 11 is 0. The van der Waals surface area contributed by atoms with E-state index < -0.39 is 5.97 Å². The fraction of sp³-hybridized carbons (Fsp3) is 0.0476. The third-order valence-electron chi connectivity index (χ3n) is 3.47. The first-order chi connectivity index (χ1) is 11.8. The van der Waals surface area contributed by atoms with Crippen LogP contribution in [-0.2, 0) is 4.74 Å². The monoisotopic (exact) mass is 313 g/mol. The van der Waals surface area contributed by atoms with Gasteiger partial charge in [0, 0.05) is 17.3 Å². The number of aromatic nitrogens is 1. The van der Waals surface area contributed by atoms with Crippen LogP contribution in [0.3, 0.4) is 0 Å². The molecule has 0 amide bonds. The minimum atomic E-state index is -0.426. The van der Waals surface area contributed by atoms with Crippen molar-refractivity contribution in [3.05, 3.63) is 89.6 Å². The lowest BCUT2D eigenvalue weighted by Crippen LogP contribution is -2.03. The van der Waals surface area contributed by atoms with Gasteiger partial charge in [0.25, 0.3) is 0 Å². The SMILES string of the molecule is COC(=O)c1cnc(-c2ccccc2)c(C#Cc2ccccc2)c1. The summed E-state index contributed by atoms with van der Waals surface area (Å²) < 4.78 is 4.77. The maximum absolute atomic E-state index is 11.8. The zero-order chi connectivity index (χ0) is 16.8. The van der Waals surface area contributed by atoms with Crippen LogP contribution in [-0.4, -0.2) is 18.1 Å². The Kier molecular flexibility index (Phi) is 4.69. The minimum absolute atomic E-state index is 0.384. The van der Waals surface area contributed by atoms with Crippen molar-refractivity contribution in [2.45, 2.75) is 0 Å². The molecule has 3 nitrogen and oxygen atoms in total. The van der Waals surface area contributed by atoms with Crippen LogP contribution in [0.15, 0.2) is 72.9 Å². The van der Waals surface area contributed by atoms with Crippen molar-refractivity contribution in [3.8, 4) is 23.1 Å². The largest absolute Gasteiger partial charge is 0.465 e. The van der Waals surface area contributed by atoms with Crippen molar-refractivity contribution in [3.63, 3.8) is 0 Å². The highest BCUT2D eigenvalue weighted by atomic mass is 16.5. The molecule has 0 N–H and O–H groups in total. The summed E-state index contributed by atoms with van der Waals surface area (Å²) in [7, 11) is 1.35. The summed E-state index contributed by atoms with van der Waals surface area (Å²) in [6.45, 7) is 0. The third kappa shape index (κ3) is 3.50. The van der Waals surface area contributed by atoms with Gasteiger partial charge < -0.3 is 4.74 Å². The summed E-state index contributed by atoms with van der Waals surface area (Å²) in [5, 5.41) is 0. The zero-order valence-electron chi connectivity index (χ0n) is 13.2. The van der Waals surface area contributed by atoms with Gasteiger partial charge in [0.2, 0.25) is 0 Å². The molecule has 2 aromatic carbocycles. The smallest absolute Gasteiger partial charge is 0.339 e. The maximum atomic E-state index is 11.8. The first-order valence-electron chi connectivity index (χ1n) is 7.49. The standard InChI is InChI=1S/C21H15NO2/c1-24-21(23)19-14-18(13-12-16-8-4-2-5-9-16)20(22-15-19)17-10-6-3-7-11-17/h2-11,14-15H,1H3. The number of nitrogens with zero attached hydrogens (tertiary/aromatic N) is 1. The molecule has 0 unspecified atom stereocenters. The van der Waals surface area contributed by atoms with Crippen molar-refractivity contribution in [2.75, 3.05) is 7.11 Å². The molecule has 0 atom stereocenters. The number of rotatable bonds is 2. The topological polar surface area (TPSA) is 39.2 Å². The Balaban J connectivity index is 2.10. The number of carbonyl (C=O) groups is 1. The predicted octanol–water partition coefficient (Wildman–Crippen LogP) is 3.94. The summed E-state index contributed by atoms with van der Waals surface area (Å²) in [6, 6.07) is 21.2. The molecule has 0 aliphatic heterocycles. The van der Waals surface area contributed by atoms with Crippen molar-refractivity contribution in [2.24, 2.45) is 0 Å². The molecule has 0 fully saturated rings. The van der Waals surface area contributed by atoms with E-state index in [4.69, 9.17) is 4.74 Å². The normalized spacial score (nSPS) is 9.71. The molecular weight excluding hydrogens is 298 g/mol. The number of methoxy groups -OCH3 is 1. The predicted molar refractivity (Wildman–Crippen MR) is 93.4 cm³/mol. The highest BCUT2D eigenvalue weighted by Gasteiger charge is 2.11. The second-order valence-electron chi connectivity index (χ2n) is 5.09. The molecule has 24 heavy (non-hydrogen) atoms. The zero-order valence-corrected chi connectivity index (χ0v) is 13.2. The Morgan fingerprint density at radius 3 is 2.29 bits per heavy atom. The fourth-order valence-electron chi connectivity index (χ4n) is 2.28. The van der Waals surface area contributed by atoms with Crippen molar-refractivity contribution < 1.29 is 9.53 Å². The van der Waals surface area contributed by atoms with Crippen LogP contribution in [0.1, 0.15) is 21.5 Å². The fourth-order valence-corrected chi connectivity index (χ4v) is 2.28. The van der Waals surface area contributed by atoms with Gasteiger partial charge in [-0.2, -0.15) is 0 Å². The summed E-state index contributed by atoms with van der Waals surface area (Å²) in [6.07, 6.45) is 1.52. The Morgan fingerprint density at radius 2 is 1.62 bits per heavy atom. The van der Waals surface area contributed by atoms with Gasteiger partial charge in [-0.1, -0.05) is 60.4 Å². The van der Waals surface area contributed by atoms with Crippen LogP contribution < -0.4 is 0 Å². The molecule has 0 spiro atoms. The molecule has 3 heteroatoms. The Morgan fingerprint density at radius 1 is 0.958 bits per heavy atom. The first kappa shape index (κ1) is 15.5. The van der Waals surface area contributed by atoms with Crippen LogP contribution in [0.25, 0.3) is 11.3 Å². The summed E-state index contributed by atoms with van der Waals surface area (Å²) in [5.74, 6) is 5.81. The Labute approximate surface area is 140 Å². The molecular formula is C21H15NO2. The van der Waals surface area contributed by atoms with Gasteiger partial charge in [0.1, 0.15) is 0 Å². The van der Waals surface area contributed by atoms with Gasteiger partial charge in [0.15, 0.2) is 0 Å².